The topological polar surface area (TPSA) is 70.7 Å². The third-order valence-corrected chi connectivity index (χ3v) is 2.43. The van der Waals surface area contributed by atoms with E-state index in [9.17, 15) is 4.79 Å². The van der Waals surface area contributed by atoms with Crippen molar-refractivity contribution < 1.29 is 4.79 Å². The van der Waals surface area contributed by atoms with Crippen LogP contribution in [0, 0.1) is 18.3 Å². The number of carbonyl (C=O) groups excluding carboxylic acids is 1. The molecule has 5 heteroatoms. The normalized spacial score (nSPS) is 9.78. The van der Waals surface area contributed by atoms with Crippen LogP contribution in [0.25, 0.3) is 0 Å². The summed E-state index contributed by atoms with van der Waals surface area (Å²) in [4.78, 5) is 11.9. The summed E-state index contributed by atoms with van der Waals surface area (Å²) in [6, 6.07) is 10.9. The molecule has 0 aliphatic heterocycles. The number of aromatic nitrogens is 2. The van der Waals surface area contributed by atoms with E-state index >= 15 is 0 Å². The molecule has 1 aromatic heterocycles. The van der Waals surface area contributed by atoms with Gasteiger partial charge in [0.2, 0.25) is 0 Å². The second-order valence-corrected chi connectivity index (χ2v) is 3.88. The van der Waals surface area contributed by atoms with Crippen LogP contribution in [0.2, 0.25) is 0 Å². The fourth-order valence-electron chi connectivity index (χ4n) is 1.48. The molecular formula is C13H12N4O. The average Bonchev–Trinajstić information content (AvgIpc) is 2.78. The number of benzene rings is 1. The first kappa shape index (κ1) is 11.9. The zero-order valence-corrected chi connectivity index (χ0v) is 9.92. The number of nitrogens with one attached hydrogen (secondary N) is 1. The molecule has 0 unspecified atom stereocenters. The van der Waals surface area contributed by atoms with Crippen LogP contribution in [0.5, 0.6) is 0 Å². The highest BCUT2D eigenvalue weighted by Crippen LogP contribution is 2.08. The van der Waals surface area contributed by atoms with Crippen LogP contribution in [0.15, 0.2) is 36.5 Å². The summed E-state index contributed by atoms with van der Waals surface area (Å²) in [5, 5.41) is 15.2. The molecule has 0 saturated carbocycles. The number of aryl methyl sites for hydroxylation is 1. The summed E-state index contributed by atoms with van der Waals surface area (Å²) in [6.45, 7) is 2.13. The molecule has 90 valence electrons. The van der Waals surface area contributed by atoms with Crippen molar-refractivity contribution in [2.24, 2.45) is 0 Å². The molecule has 0 spiro atoms. The molecule has 0 saturated heterocycles. The van der Waals surface area contributed by atoms with E-state index in [-0.39, 0.29) is 12.5 Å². The number of hydrogen-bond donors (Lipinski definition) is 1. The lowest BCUT2D eigenvalue weighted by Crippen LogP contribution is -2.12. The van der Waals surface area contributed by atoms with Gasteiger partial charge in [0.15, 0.2) is 5.82 Å². The first-order chi connectivity index (χ1) is 8.69. The van der Waals surface area contributed by atoms with Crippen molar-refractivity contribution in [3.8, 4) is 6.07 Å². The summed E-state index contributed by atoms with van der Waals surface area (Å²) in [5.74, 6) is 0.230. The van der Waals surface area contributed by atoms with Gasteiger partial charge in [0.1, 0.15) is 6.54 Å². The van der Waals surface area contributed by atoms with E-state index in [0.29, 0.717) is 11.4 Å². The van der Waals surface area contributed by atoms with Gasteiger partial charge in [-0.2, -0.15) is 10.4 Å². The lowest BCUT2D eigenvalue weighted by atomic mass is 10.1. The quantitative estimate of drug-likeness (QED) is 0.891. The number of nitrogens with zero attached hydrogens (tertiary/aromatic N) is 3. The molecule has 1 aromatic carbocycles. The van der Waals surface area contributed by atoms with Gasteiger partial charge >= 0.3 is 0 Å². The molecule has 1 amide bonds. The van der Waals surface area contributed by atoms with Crippen molar-refractivity contribution in [3.05, 3.63) is 47.7 Å². The van der Waals surface area contributed by atoms with E-state index < -0.39 is 0 Å². The van der Waals surface area contributed by atoms with Gasteiger partial charge in [-0.15, -0.1) is 0 Å². The highest BCUT2D eigenvalue weighted by molar-refractivity contribution is 6.03. The van der Waals surface area contributed by atoms with E-state index in [4.69, 9.17) is 5.26 Å². The Hall–Kier alpha value is -2.61. The van der Waals surface area contributed by atoms with Crippen molar-refractivity contribution in [2.45, 2.75) is 13.5 Å². The van der Waals surface area contributed by atoms with Crippen molar-refractivity contribution in [2.75, 3.05) is 5.32 Å². The monoisotopic (exact) mass is 240 g/mol. The van der Waals surface area contributed by atoms with Crippen LogP contribution < -0.4 is 5.32 Å². The minimum absolute atomic E-state index is 0.167. The molecule has 0 aliphatic rings. The van der Waals surface area contributed by atoms with Crippen LogP contribution in [0.3, 0.4) is 0 Å². The van der Waals surface area contributed by atoms with E-state index in [1.54, 1.807) is 24.4 Å². The number of amides is 1. The lowest BCUT2D eigenvalue weighted by molar-refractivity contribution is 0.102. The number of carbonyl (C=O) groups is 1. The van der Waals surface area contributed by atoms with Crippen LogP contribution in [-0.2, 0) is 6.54 Å². The molecule has 1 N–H and O–H groups in total. The van der Waals surface area contributed by atoms with E-state index in [0.717, 1.165) is 5.56 Å². The molecule has 5 nitrogen and oxygen atoms in total. The minimum atomic E-state index is -0.211. The number of nitriles is 1. The Morgan fingerprint density at radius 3 is 2.78 bits per heavy atom. The van der Waals surface area contributed by atoms with Gasteiger partial charge in [-0.3, -0.25) is 9.48 Å². The van der Waals surface area contributed by atoms with Gasteiger partial charge in [0, 0.05) is 17.8 Å². The second-order valence-electron chi connectivity index (χ2n) is 3.88. The van der Waals surface area contributed by atoms with Crippen LogP contribution in [0.4, 0.5) is 5.82 Å². The van der Waals surface area contributed by atoms with Crippen molar-refractivity contribution >= 4 is 11.7 Å². The van der Waals surface area contributed by atoms with E-state index in [1.165, 1.54) is 4.68 Å². The van der Waals surface area contributed by atoms with Gasteiger partial charge in [-0.05, 0) is 19.1 Å². The summed E-state index contributed by atoms with van der Waals surface area (Å²) < 4.78 is 1.46. The summed E-state index contributed by atoms with van der Waals surface area (Å²) in [5.41, 5.74) is 1.68. The van der Waals surface area contributed by atoms with Gasteiger partial charge in [0.25, 0.3) is 5.91 Å². The first-order valence-corrected chi connectivity index (χ1v) is 5.47. The maximum absolute atomic E-state index is 11.9. The average molecular weight is 240 g/mol. The van der Waals surface area contributed by atoms with Gasteiger partial charge < -0.3 is 5.32 Å². The smallest absolute Gasteiger partial charge is 0.256 e. The van der Waals surface area contributed by atoms with Crippen LogP contribution in [-0.4, -0.2) is 15.7 Å². The van der Waals surface area contributed by atoms with Gasteiger partial charge in [-0.1, -0.05) is 17.7 Å². The Morgan fingerprint density at radius 1 is 1.39 bits per heavy atom. The molecule has 1 heterocycles. The summed E-state index contributed by atoms with van der Waals surface area (Å²) in [6.07, 6.45) is 1.65. The zero-order chi connectivity index (χ0) is 13.0. The maximum atomic E-state index is 11.9. The predicted molar refractivity (Wildman–Crippen MR) is 67.0 cm³/mol. The van der Waals surface area contributed by atoms with Gasteiger partial charge in [0.05, 0.1) is 6.07 Å². The highest BCUT2D eigenvalue weighted by Gasteiger charge is 2.07. The van der Waals surface area contributed by atoms with E-state index in [2.05, 4.69) is 10.4 Å². The Kier molecular flexibility index (Phi) is 3.39. The molecule has 0 atom stereocenters. The van der Waals surface area contributed by atoms with Crippen molar-refractivity contribution in [1.82, 2.24) is 9.78 Å². The second kappa shape index (κ2) is 5.15. The first-order valence-electron chi connectivity index (χ1n) is 5.47. The highest BCUT2D eigenvalue weighted by atomic mass is 16.1. The molecule has 0 fully saturated rings. The molecular weight excluding hydrogens is 228 g/mol. The maximum Gasteiger partial charge on any atom is 0.256 e. The Bertz CT molecular complexity index is 592. The third kappa shape index (κ3) is 2.74. The lowest BCUT2D eigenvalue weighted by Gasteiger charge is -2.02. The summed E-state index contributed by atoms with van der Waals surface area (Å²) in [7, 11) is 0. The van der Waals surface area contributed by atoms with Crippen molar-refractivity contribution in [1.29, 1.82) is 5.26 Å². The fraction of sp³-hybridized carbons (Fsp3) is 0.154. The van der Waals surface area contributed by atoms with Crippen molar-refractivity contribution in [3.63, 3.8) is 0 Å². The molecule has 18 heavy (non-hydrogen) atoms. The molecule has 0 radical (unpaired) electrons. The number of rotatable bonds is 3. The third-order valence-electron chi connectivity index (χ3n) is 2.43. The molecule has 2 aromatic rings. The zero-order valence-electron chi connectivity index (χ0n) is 9.92. The fourth-order valence-corrected chi connectivity index (χ4v) is 1.48. The Balaban J connectivity index is 2.06. The molecule has 0 aliphatic carbocycles. The van der Waals surface area contributed by atoms with Crippen LogP contribution >= 0.6 is 0 Å². The minimum Gasteiger partial charge on any atom is -0.305 e. The summed E-state index contributed by atoms with van der Waals surface area (Å²) >= 11 is 0. The Morgan fingerprint density at radius 2 is 2.11 bits per heavy atom. The van der Waals surface area contributed by atoms with E-state index in [1.807, 2.05) is 25.1 Å². The van der Waals surface area contributed by atoms with Gasteiger partial charge in [-0.25, -0.2) is 0 Å². The SMILES string of the molecule is Cc1ccc(C(=O)Nc2ccn(CC#N)n2)cc1. The largest absolute Gasteiger partial charge is 0.305 e. The number of anilines is 1. The molecule has 2 rings (SSSR count). The molecule has 0 bridgehead atoms. The van der Waals surface area contributed by atoms with Crippen LogP contribution in [0.1, 0.15) is 15.9 Å². The predicted octanol–water partition coefficient (Wildman–Crippen LogP) is 1.97. The standard InChI is InChI=1S/C13H12N4O/c1-10-2-4-11(5-3-10)13(18)15-12-6-8-17(16-12)9-7-14/h2-6,8H,9H2,1H3,(H,15,16,18). The number of hydrogen-bond acceptors (Lipinski definition) is 3. The Labute approximate surface area is 105 Å².